The van der Waals surface area contributed by atoms with Crippen LogP contribution >= 0.6 is 0 Å². The second kappa shape index (κ2) is 6.80. The Labute approximate surface area is 150 Å². The molecule has 0 radical (unpaired) electrons. The lowest BCUT2D eigenvalue weighted by Gasteiger charge is -2.18. The fourth-order valence-corrected chi connectivity index (χ4v) is 3.05. The number of aromatic amines is 1. The van der Waals surface area contributed by atoms with E-state index in [9.17, 15) is 9.50 Å². The Bertz CT molecular complexity index is 1050. The van der Waals surface area contributed by atoms with Crippen molar-refractivity contribution < 1.29 is 14.5 Å². The summed E-state index contributed by atoms with van der Waals surface area (Å²) in [5.74, 6) is 0.405. The number of H-pyrrole nitrogens is 1. The SMILES string of the molecule is Oc1c([C@H](Nc2cccc[nH+]2)c2ccccc2F)ccc2cccnc12. The average Bonchev–Trinajstić information content (AvgIpc) is 2.68. The van der Waals surface area contributed by atoms with Gasteiger partial charge in [0.05, 0.1) is 6.20 Å². The van der Waals surface area contributed by atoms with Crippen LogP contribution in [0.25, 0.3) is 10.9 Å². The number of hydrogen-bond donors (Lipinski definition) is 2. The Kier molecular flexibility index (Phi) is 4.19. The summed E-state index contributed by atoms with van der Waals surface area (Å²) in [4.78, 5) is 7.35. The molecule has 0 saturated heterocycles. The zero-order chi connectivity index (χ0) is 17.9. The van der Waals surface area contributed by atoms with Gasteiger partial charge in [-0.25, -0.2) is 9.37 Å². The van der Waals surface area contributed by atoms with Crippen molar-refractivity contribution >= 4 is 16.7 Å². The number of halogens is 1. The van der Waals surface area contributed by atoms with Crippen LogP contribution < -0.4 is 10.3 Å². The van der Waals surface area contributed by atoms with Gasteiger partial charge in [0.25, 0.3) is 5.82 Å². The van der Waals surface area contributed by atoms with Crippen LogP contribution in [0.3, 0.4) is 0 Å². The Hall–Kier alpha value is -3.47. The lowest BCUT2D eigenvalue weighted by atomic mass is 9.96. The number of phenols is 1. The van der Waals surface area contributed by atoms with Gasteiger partial charge in [-0.05, 0) is 24.3 Å². The predicted molar refractivity (Wildman–Crippen MR) is 98.3 cm³/mol. The molecule has 0 unspecified atom stereocenters. The summed E-state index contributed by atoms with van der Waals surface area (Å²) in [5.41, 5.74) is 1.49. The van der Waals surface area contributed by atoms with E-state index < -0.39 is 6.04 Å². The van der Waals surface area contributed by atoms with Crippen LogP contribution in [0.2, 0.25) is 0 Å². The fourth-order valence-electron chi connectivity index (χ4n) is 3.05. The molecular weight excluding hydrogens is 329 g/mol. The van der Waals surface area contributed by atoms with Crippen LogP contribution in [0.4, 0.5) is 10.2 Å². The molecule has 0 aliphatic heterocycles. The van der Waals surface area contributed by atoms with E-state index in [1.807, 2.05) is 36.4 Å². The maximum absolute atomic E-state index is 14.5. The molecule has 26 heavy (non-hydrogen) atoms. The maximum atomic E-state index is 14.5. The molecule has 0 aliphatic carbocycles. The summed E-state index contributed by atoms with van der Waals surface area (Å²) < 4.78 is 14.5. The number of benzene rings is 2. The predicted octanol–water partition coefficient (Wildman–Crippen LogP) is 4.10. The van der Waals surface area contributed by atoms with Crippen molar-refractivity contribution in [3.05, 3.63) is 96.1 Å². The van der Waals surface area contributed by atoms with Gasteiger partial charge in [-0.3, -0.25) is 10.3 Å². The Morgan fingerprint density at radius 2 is 1.77 bits per heavy atom. The Morgan fingerprint density at radius 1 is 0.923 bits per heavy atom. The number of rotatable bonds is 4. The molecule has 0 aliphatic rings. The summed E-state index contributed by atoms with van der Waals surface area (Å²) in [5, 5.41) is 14.9. The van der Waals surface area contributed by atoms with E-state index in [2.05, 4.69) is 15.3 Å². The van der Waals surface area contributed by atoms with Crippen molar-refractivity contribution in [2.24, 2.45) is 0 Å². The molecule has 5 heteroatoms. The van der Waals surface area contributed by atoms with Crippen LogP contribution in [-0.4, -0.2) is 10.1 Å². The highest BCUT2D eigenvalue weighted by atomic mass is 19.1. The molecule has 2 aromatic carbocycles. The third kappa shape index (κ3) is 2.95. The third-order valence-corrected chi connectivity index (χ3v) is 4.32. The monoisotopic (exact) mass is 346 g/mol. The summed E-state index contributed by atoms with van der Waals surface area (Å²) >= 11 is 0. The minimum atomic E-state index is -0.582. The molecule has 2 aromatic heterocycles. The number of nitrogens with zero attached hydrogens (tertiary/aromatic N) is 1. The second-order valence-corrected chi connectivity index (χ2v) is 5.95. The van der Waals surface area contributed by atoms with Crippen molar-refractivity contribution in [3.63, 3.8) is 0 Å². The molecule has 2 heterocycles. The van der Waals surface area contributed by atoms with E-state index >= 15 is 0 Å². The zero-order valence-corrected chi connectivity index (χ0v) is 13.9. The molecule has 4 nitrogen and oxygen atoms in total. The number of fused-ring (bicyclic) bond motifs is 1. The van der Waals surface area contributed by atoms with Gasteiger partial charge >= 0.3 is 0 Å². The molecule has 1 atom stereocenters. The van der Waals surface area contributed by atoms with Gasteiger partial charge in [0.2, 0.25) is 0 Å². The van der Waals surface area contributed by atoms with Gasteiger partial charge in [-0.1, -0.05) is 36.4 Å². The molecule has 0 fully saturated rings. The van der Waals surface area contributed by atoms with Gasteiger partial charge in [0.15, 0.2) is 6.04 Å². The standard InChI is InChI=1S/C21H16FN3O/c22-17-8-2-1-7-15(17)20(25-18-9-3-4-12-23-18)16-11-10-14-6-5-13-24-19(14)21(16)26/h1-13,20,26H,(H,23,25)/p+1/t20-/m1/s1. The number of aromatic nitrogens is 2. The zero-order valence-electron chi connectivity index (χ0n) is 13.9. The van der Waals surface area contributed by atoms with E-state index in [0.29, 0.717) is 22.5 Å². The molecule has 4 aromatic rings. The topological polar surface area (TPSA) is 59.3 Å². The number of anilines is 1. The van der Waals surface area contributed by atoms with E-state index in [4.69, 9.17) is 0 Å². The molecule has 4 rings (SSSR count). The van der Waals surface area contributed by atoms with Crippen LogP contribution in [0, 0.1) is 5.82 Å². The summed E-state index contributed by atoms with van der Waals surface area (Å²) in [7, 11) is 0. The Morgan fingerprint density at radius 3 is 2.58 bits per heavy atom. The lowest BCUT2D eigenvalue weighted by Crippen LogP contribution is -2.19. The van der Waals surface area contributed by atoms with E-state index in [0.717, 1.165) is 5.39 Å². The minimum absolute atomic E-state index is 0.0415. The van der Waals surface area contributed by atoms with Gasteiger partial charge in [-0.2, -0.15) is 0 Å². The maximum Gasteiger partial charge on any atom is 0.272 e. The first-order valence-electron chi connectivity index (χ1n) is 8.28. The van der Waals surface area contributed by atoms with Gasteiger partial charge in [0.1, 0.15) is 17.1 Å². The van der Waals surface area contributed by atoms with Gasteiger partial charge in [-0.15, -0.1) is 0 Å². The first-order chi connectivity index (χ1) is 12.7. The fraction of sp³-hybridized carbons (Fsp3) is 0.0476. The average molecular weight is 346 g/mol. The molecule has 0 amide bonds. The lowest BCUT2D eigenvalue weighted by molar-refractivity contribution is -0.361. The van der Waals surface area contributed by atoms with Crippen molar-refractivity contribution in [2.75, 3.05) is 5.32 Å². The Balaban J connectivity index is 1.88. The number of nitrogens with one attached hydrogen (secondary N) is 2. The number of hydrogen-bond acceptors (Lipinski definition) is 3. The highest BCUT2D eigenvalue weighted by molar-refractivity contribution is 5.85. The van der Waals surface area contributed by atoms with Crippen LogP contribution in [-0.2, 0) is 0 Å². The quantitative estimate of drug-likeness (QED) is 0.585. The molecule has 0 saturated carbocycles. The van der Waals surface area contributed by atoms with Crippen molar-refractivity contribution in [1.82, 2.24) is 4.98 Å². The van der Waals surface area contributed by atoms with Crippen LogP contribution in [0.15, 0.2) is 79.1 Å². The number of aromatic hydroxyl groups is 1. The first kappa shape index (κ1) is 16.0. The normalized spacial score (nSPS) is 12.0. The second-order valence-electron chi connectivity index (χ2n) is 5.95. The first-order valence-corrected chi connectivity index (χ1v) is 8.28. The minimum Gasteiger partial charge on any atom is -0.505 e. The smallest absolute Gasteiger partial charge is 0.272 e. The molecule has 0 bridgehead atoms. The molecule has 128 valence electrons. The molecule has 0 spiro atoms. The number of phenolic OH excluding ortho intramolecular Hbond substituents is 1. The van der Waals surface area contributed by atoms with E-state index in [1.54, 1.807) is 36.7 Å². The largest absolute Gasteiger partial charge is 0.505 e. The van der Waals surface area contributed by atoms with Crippen LogP contribution in [0.1, 0.15) is 17.2 Å². The van der Waals surface area contributed by atoms with Crippen molar-refractivity contribution in [1.29, 1.82) is 0 Å². The summed E-state index contributed by atoms with van der Waals surface area (Å²) in [6.07, 6.45) is 3.41. The third-order valence-electron chi connectivity index (χ3n) is 4.32. The highest BCUT2D eigenvalue weighted by Crippen LogP contribution is 2.36. The van der Waals surface area contributed by atoms with Crippen LogP contribution in [0.5, 0.6) is 5.75 Å². The van der Waals surface area contributed by atoms with Crippen molar-refractivity contribution in [3.8, 4) is 5.75 Å². The highest BCUT2D eigenvalue weighted by Gasteiger charge is 2.26. The molecular formula is C21H17FN3O+. The van der Waals surface area contributed by atoms with E-state index in [-0.39, 0.29) is 11.6 Å². The van der Waals surface area contributed by atoms with Gasteiger partial charge in [0, 0.05) is 28.8 Å². The van der Waals surface area contributed by atoms with Crippen molar-refractivity contribution in [2.45, 2.75) is 6.04 Å². The van der Waals surface area contributed by atoms with Gasteiger partial charge < -0.3 is 5.11 Å². The summed E-state index contributed by atoms with van der Waals surface area (Å²) in [6, 6.07) is 18.9. The summed E-state index contributed by atoms with van der Waals surface area (Å²) in [6.45, 7) is 0. The molecule has 3 N–H and O–H groups in total. The van der Waals surface area contributed by atoms with E-state index in [1.165, 1.54) is 6.07 Å². The number of pyridine rings is 2.